The van der Waals surface area contributed by atoms with E-state index in [0.29, 0.717) is 12.0 Å². The molecule has 2 aromatic carbocycles. The van der Waals surface area contributed by atoms with Crippen molar-refractivity contribution >= 4 is 40.4 Å². The van der Waals surface area contributed by atoms with Gasteiger partial charge in [0.05, 0.1) is 6.21 Å². The first-order chi connectivity index (χ1) is 12.4. The number of amides is 1. The maximum atomic E-state index is 12.2. The van der Waals surface area contributed by atoms with E-state index in [9.17, 15) is 9.90 Å². The summed E-state index contributed by atoms with van der Waals surface area (Å²) in [5, 5.41) is 17.3. The minimum Gasteiger partial charge on any atom is -0.507 e. The SMILES string of the molecule is C=CCc1cccc(/C=N\NC(=O)[C@H](C)Nc2ccc(I)cc2C)c1O. The van der Waals surface area contributed by atoms with Gasteiger partial charge in [-0.2, -0.15) is 5.10 Å². The van der Waals surface area contributed by atoms with Gasteiger partial charge in [0.1, 0.15) is 11.8 Å². The number of hydrogen-bond acceptors (Lipinski definition) is 4. The molecule has 0 aromatic heterocycles. The topological polar surface area (TPSA) is 73.7 Å². The van der Waals surface area contributed by atoms with Crippen LogP contribution in [0.25, 0.3) is 0 Å². The molecule has 3 N–H and O–H groups in total. The molecule has 0 unspecified atom stereocenters. The smallest absolute Gasteiger partial charge is 0.262 e. The Balaban J connectivity index is 1.98. The third kappa shape index (κ3) is 5.32. The Morgan fingerprint density at radius 2 is 2.15 bits per heavy atom. The van der Waals surface area contributed by atoms with E-state index < -0.39 is 6.04 Å². The molecule has 0 fully saturated rings. The van der Waals surface area contributed by atoms with Gasteiger partial charge in [-0.1, -0.05) is 18.2 Å². The first-order valence-corrected chi connectivity index (χ1v) is 9.27. The summed E-state index contributed by atoms with van der Waals surface area (Å²) in [6.07, 6.45) is 3.72. The summed E-state index contributed by atoms with van der Waals surface area (Å²) in [5.74, 6) is -0.118. The second kappa shape index (κ2) is 9.38. The van der Waals surface area contributed by atoms with Crippen LogP contribution >= 0.6 is 22.6 Å². The predicted octanol–water partition coefficient (Wildman–Crippen LogP) is 3.98. The van der Waals surface area contributed by atoms with Gasteiger partial charge in [0, 0.05) is 14.8 Å². The molecule has 2 rings (SSSR count). The molecule has 0 saturated heterocycles. The highest BCUT2D eigenvalue weighted by atomic mass is 127. The molecule has 5 nitrogen and oxygen atoms in total. The Bertz CT molecular complexity index is 834. The lowest BCUT2D eigenvalue weighted by Gasteiger charge is -2.15. The standard InChI is InChI=1S/C20H22IN3O2/c1-4-6-15-7-5-8-16(19(15)25)12-22-24-20(26)14(3)23-18-10-9-17(21)11-13(18)2/h4-5,7-12,14,23,25H,1,6H2,2-3H3,(H,24,26)/b22-12-/t14-/m0/s1. The summed E-state index contributed by atoms with van der Waals surface area (Å²) in [5.41, 5.74) is 5.78. The third-order valence-corrected chi connectivity index (χ3v) is 4.52. The fraction of sp³-hybridized carbons (Fsp3) is 0.200. The zero-order valence-electron chi connectivity index (χ0n) is 14.8. The van der Waals surface area contributed by atoms with Gasteiger partial charge in [-0.25, -0.2) is 5.43 Å². The zero-order valence-corrected chi connectivity index (χ0v) is 16.9. The summed E-state index contributed by atoms with van der Waals surface area (Å²) in [4.78, 5) is 12.2. The molecule has 1 atom stereocenters. The number of nitrogens with zero attached hydrogens (tertiary/aromatic N) is 1. The van der Waals surface area contributed by atoms with E-state index >= 15 is 0 Å². The van der Waals surface area contributed by atoms with Gasteiger partial charge in [0.15, 0.2) is 0 Å². The van der Waals surface area contributed by atoms with Crippen LogP contribution in [0.1, 0.15) is 23.6 Å². The van der Waals surface area contributed by atoms with E-state index in [4.69, 9.17) is 0 Å². The Morgan fingerprint density at radius 1 is 1.38 bits per heavy atom. The maximum Gasteiger partial charge on any atom is 0.262 e. The highest BCUT2D eigenvalue weighted by Crippen LogP contribution is 2.21. The predicted molar refractivity (Wildman–Crippen MR) is 115 cm³/mol. The molecule has 0 bridgehead atoms. The molecular weight excluding hydrogens is 441 g/mol. The highest BCUT2D eigenvalue weighted by Gasteiger charge is 2.13. The molecule has 6 heteroatoms. The number of phenolic OH excluding ortho intramolecular Hbond substituents is 1. The number of rotatable bonds is 7. The lowest BCUT2D eigenvalue weighted by Crippen LogP contribution is -2.35. The maximum absolute atomic E-state index is 12.2. The molecule has 0 heterocycles. The van der Waals surface area contributed by atoms with E-state index in [0.717, 1.165) is 20.4 Å². The number of hydrogen-bond donors (Lipinski definition) is 3. The van der Waals surface area contributed by atoms with Crippen LogP contribution in [0, 0.1) is 10.5 Å². The first kappa shape index (κ1) is 20.0. The number of para-hydroxylation sites is 1. The van der Waals surface area contributed by atoms with E-state index in [1.807, 2.05) is 37.3 Å². The highest BCUT2D eigenvalue weighted by molar-refractivity contribution is 14.1. The van der Waals surface area contributed by atoms with Crippen LogP contribution in [0.15, 0.2) is 54.2 Å². The first-order valence-electron chi connectivity index (χ1n) is 8.19. The van der Waals surface area contributed by atoms with Crippen molar-refractivity contribution in [2.75, 3.05) is 5.32 Å². The Kier molecular flexibility index (Phi) is 7.20. The van der Waals surface area contributed by atoms with Crippen LogP contribution in [-0.2, 0) is 11.2 Å². The molecule has 136 valence electrons. The lowest BCUT2D eigenvalue weighted by molar-refractivity contribution is -0.121. The molecule has 2 aromatic rings. The van der Waals surface area contributed by atoms with Gasteiger partial charge >= 0.3 is 0 Å². The minimum absolute atomic E-state index is 0.145. The van der Waals surface area contributed by atoms with Crippen LogP contribution < -0.4 is 10.7 Å². The van der Waals surface area contributed by atoms with Crippen molar-refractivity contribution in [1.29, 1.82) is 0 Å². The van der Waals surface area contributed by atoms with Crippen LogP contribution in [-0.4, -0.2) is 23.3 Å². The molecule has 0 aliphatic carbocycles. The molecule has 0 radical (unpaired) electrons. The number of phenols is 1. The average molecular weight is 463 g/mol. The van der Waals surface area contributed by atoms with E-state index in [1.54, 1.807) is 19.1 Å². The van der Waals surface area contributed by atoms with Gasteiger partial charge in [0.2, 0.25) is 0 Å². The largest absolute Gasteiger partial charge is 0.507 e. The quantitative estimate of drug-likeness (QED) is 0.252. The number of anilines is 1. The number of carbonyl (C=O) groups is 1. The summed E-state index contributed by atoms with van der Waals surface area (Å²) >= 11 is 2.25. The van der Waals surface area contributed by atoms with Crippen molar-refractivity contribution in [3.8, 4) is 5.75 Å². The molecule has 1 amide bonds. The van der Waals surface area contributed by atoms with Crippen LogP contribution in [0.5, 0.6) is 5.75 Å². The number of aryl methyl sites for hydroxylation is 1. The van der Waals surface area contributed by atoms with Gasteiger partial charge in [-0.15, -0.1) is 6.58 Å². The van der Waals surface area contributed by atoms with Crippen LogP contribution in [0.3, 0.4) is 0 Å². The molecule has 0 saturated carbocycles. The Hall–Kier alpha value is -2.35. The second-order valence-corrected chi connectivity index (χ2v) is 7.15. The Labute approximate surface area is 167 Å². The third-order valence-electron chi connectivity index (χ3n) is 3.85. The Morgan fingerprint density at radius 3 is 2.85 bits per heavy atom. The molecule has 26 heavy (non-hydrogen) atoms. The fourth-order valence-corrected chi connectivity index (χ4v) is 3.03. The monoisotopic (exact) mass is 463 g/mol. The van der Waals surface area contributed by atoms with E-state index in [1.165, 1.54) is 6.21 Å². The number of nitrogens with one attached hydrogen (secondary N) is 2. The van der Waals surface area contributed by atoms with Gasteiger partial charge in [-0.3, -0.25) is 4.79 Å². The van der Waals surface area contributed by atoms with Crippen molar-refractivity contribution in [1.82, 2.24) is 5.43 Å². The van der Waals surface area contributed by atoms with Crippen molar-refractivity contribution in [3.05, 3.63) is 69.3 Å². The number of halogens is 1. The summed E-state index contributed by atoms with van der Waals surface area (Å²) in [7, 11) is 0. The molecular formula is C20H22IN3O2. The molecule has 0 spiro atoms. The van der Waals surface area contributed by atoms with Crippen LogP contribution in [0.2, 0.25) is 0 Å². The molecule has 0 aliphatic heterocycles. The van der Waals surface area contributed by atoms with Crippen molar-refractivity contribution in [2.45, 2.75) is 26.3 Å². The number of benzene rings is 2. The minimum atomic E-state index is -0.452. The average Bonchev–Trinajstić information content (AvgIpc) is 2.60. The van der Waals surface area contributed by atoms with Gasteiger partial charge in [-0.05, 0) is 78.3 Å². The van der Waals surface area contributed by atoms with Gasteiger partial charge < -0.3 is 10.4 Å². The summed E-state index contributed by atoms with van der Waals surface area (Å²) in [6.45, 7) is 7.43. The summed E-state index contributed by atoms with van der Waals surface area (Å²) in [6, 6.07) is 10.9. The number of aromatic hydroxyl groups is 1. The van der Waals surface area contributed by atoms with E-state index in [2.05, 4.69) is 45.0 Å². The summed E-state index contributed by atoms with van der Waals surface area (Å²) < 4.78 is 1.14. The molecule has 0 aliphatic rings. The van der Waals surface area contributed by atoms with Crippen molar-refractivity contribution < 1.29 is 9.90 Å². The zero-order chi connectivity index (χ0) is 19.1. The second-order valence-electron chi connectivity index (χ2n) is 5.91. The van der Waals surface area contributed by atoms with Crippen molar-refractivity contribution in [3.63, 3.8) is 0 Å². The van der Waals surface area contributed by atoms with Gasteiger partial charge in [0.25, 0.3) is 5.91 Å². The van der Waals surface area contributed by atoms with Crippen LogP contribution in [0.4, 0.5) is 5.69 Å². The lowest BCUT2D eigenvalue weighted by atomic mass is 10.1. The van der Waals surface area contributed by atoms with E-state index in [-0.39, 0.29) is 11.7 Å². The normalized spacial score (nSPS) is 12.0. The fourth-order valence-electron chi connectivity index (χ4n) is 2.39. The number of carbonyl (C=O) groups excluding carboxylic acids is 1. The number of hydrazone groups is 1. The van der Waals surface area contributed by atoms with Crippen molar-refractivity contribution in [2.24, 2.45) is 5.10 Å². The number of allylic oxidation sites excluding steroid dienone is 1.